The van der Waals surface area contributed by atoms with Crippen molar-refractivity contribution in [2.24, 2.45) is 11.8 Å². The van der Waals surface area contributed by atoms with E-state index in [9.17, 15) is 9.59 Å². The van der Waals surface area contributed by atoms with Crippen LogP contribution in [-0.4, -0.2) is 21.7 Å². The molecule has 3 atom stereocenters. The molecule has 0 unspecified atom stereocenters. The minimum Gasteiger partial charge on any atom is -0.351 e. The standard InChI is InChI=1S/C20H25N3O2/c1-14-7-6-10-17(15(14)2)21-19(24)13-23-20(25)12-11-18(22-23)16-8-4-3-5-9-16/h3-5,8-9,11-12,14-15,17H,6-7,10,13H2,1-2H3,(H,21,24)/t14-,15+,17-/m1/s1. The SMILES string of the molecule is C[C@H]1[C@H](C)CCC[C@H]1NC(=O)Cn1nc(-c2ccccc2)ccc1=O. The Hall–Kier alpha value is -2.43. The zero-order valence-electron chi connectivity index (χ0n) is 14.8. The molecule has 0 saturated heterocycles. The van der Waals surface area contributed by atoms with Crippen molar-refractivity contribution in [2.75, 3.05) is 0 Å². The second-order valence-electron chi connectivity index (χ2n) is 7.02. The predicted octanol–water partition coefficient (Wildman–Crippen LogP) is 2.85. The lowest BCUT2D eigenvalue weighted by Gasteiger charge is -2.34. The molecule has 1 heterocycles. The lowest BCUT2D eigenvalue weighted by molar-refractivity contribution is -0.123. The van der Waals surface area contributed by atoms with Crippen LogP contribution in [0.1, 0.15) is 33.1 Å². The van der Waals surface area contributed by atoms with E-state index in [-0.39, 0.29) is 24.1 Å². The summed E-state index contributed by atoms with van der Waals surface area (Å²) < 4.78 is 1.24. The van der Waals surface area contributed by atoms with Crippen LogP contribution < -0.4 is 10.9 Å². The van der Waals surface area contributed by atoms with Gasteiger partial charge in [-0.2, -0.15) is 5.10 Å². The molecule has 25 heavy (non-hydrogen) atoms. The van der Waals surface area contributed by atoms with Crippen molar-refractivity contribution < 1.29 is 4.79 Å². The highest BCUT2D eigenvalue weighted by Gasteiger charge is 2.28. The van der Waals surface area contributed by atoms with Crippen LogP contribution in [-0.2, 0) is 11.3 Å². The normalized spacial score (nSPS) is 23.2. The molecule has 0 bridgehead atoms. The van der Waals surface area contributed by atoms with E-state index >= 15 is 0 Å². The highest BCUT2D eigenvalue weighted by molar-refractivity contribution is 5.76. The van der Waals surface area contributed by atoms with Gasteiger partial charge in [0.15, 0.2) is 0 Å². The van der Waals surface area contributed by atoms with Gasteiger partial charge in [-0.3, -0.25) is 9.59 Å². The van der Waals surface area contributed by atoms with E-state index in [1.165, 1.54) is 17.2 Å². The Morgan fingerprint density at radius 1 is 1.16 bits per heavy atom. The van der Waals surface area contributed by atoms with Crippen molar-refractivity contribution in [3.63, 3.8) is 0 Å². The monoisotopic (exact) mass is 339 g/mol. The molecule has 5 heteroatoms. The van der Waals surface area contributed by atoms with Gasteiger partial charge in [0.05, 0.1) is 5.69 Å². The van der Waals surface area contributed by atoms with Crippen LogP contribution in [0.2, 0.25) is 0 Å². The fraction of sp³-hybridized carbons (Fsp3) is 0.450. The maximum absolute atomic E-state index is 12.4. The summed E-state index contributed by atoms with van der Waals surface area (Å²) in [6, 6.07) is 13.0. The minimum atomic E-state index is -0.264. The number of carbonyl (C=O) groups is 1. The Kier molecular flexibility index (Phi) is 5.31. The summed E-state index contributed by atoms with van der Waals surface area (Å²) in [6.07, 6.45) is 3.36. The average molecular weight is 339 g/mol. The second-order valence-corrected chi connectivity index (χ2v) is 7.02. The van der Waals surface area contributed by atoms with Crippen LogP contribution in [0.4, 0.5) is 0 Å². The van der Waals surface area contributed by atoms with E-state index in [4.69, 9.17) is 0 Å². The number of benzene rings is 1. The van der Waals surface area contributed by atoms with E-state index < -0.39 is 0 Å². The molecular weight excluding hydrogens is 314 g/mol. The number of hydrogen-bond donors (Lipinski definition) is 1. The number of carbonyl (C=O) groups excluding carboxylic acids is 1. The molecule has 1 saturated carbocycles. The molecule has 0 aliphatic heterocycles. The van der Waals surface area contributed by atoms with Crippen molar-refractivity contribution >= 4 is 5.91 Å². The summed E-state index contributed by atoms with van der Waals surface area (Å²) in [4.78, 5) is 24.5. The molecular formula is C20H25N3O2. The van der Waals surface area contributed by atoms with Gasteiger partial charge in [0.1, 0.15) is 6.54 Å². The molecule has 0 spiro atoms. The van der Waals surface area contributed by atoms with Gasteiger partial charge < -0.3 is 5.32 Å². The third-order valence-corrected chi connectivity index (χ3v) is 5.28. The summed E-state index contributed by atoms with van der Waals surface area (Å²) in [7, 11) is 0. The largest absolute Gasteiger partial charge is 0.351 e. The van der Waals surface area contributed by atoms with Gasteiger partial charge in [0.25, 0.3) is 5.56 Å². The smallest absolute Gasteiger partial charge is 0.267 e. The Balaban J connectivity index is 1.72. The predicted molar refractivity (Wildman–Crippen MR) is 98.0 cm³/mol. The van der Waals surface area contributed by atoms with Gasteiger partial charge in [0.2, 0.25) is 5.91 Å². The molecule has 132 valence electrons. The number of rotatable bonds is 4. The van der Waals surface area contributed by atoms with Crippen LogP contribution in [0, 0.1) is 11.8 Å². The molecule has 1 aromatic carbocycles. The Morgan fingerprint density at radius 2 is 1.92 bits per heavy atom. The molecule has 1 aliphatic rings. The Bertz CT molecular complexity index is 785. The Morgan fingerprint density at radius 3 is 2.68 bits per heavy atom. The Labute approximate surface area is 148 Å². The molecule has 2 aromatic rings. The van der Waals surface area contributed by atoms with Gasteiger partial charge in [-0.1, -0.05) is 57.0 Å². The third-order valence-electron chi connectivity index (χ3n) is 5.28. The number of aromatic nitrogens is 2. The van der Waals surface area contributed by atoms with Gasteiger partial charge >= 0.3 is 0 Å². The molecule has 3 rings (SSSR count). The topological polar surface area (TPSA) is 64.0 Å². The molecule has 1 aromatic heterocycles. The maximum Gasteiger partial charge on any atom is 0.267 e. The molecule has 1 N–H and O–H groups in total. The zero-order valence-corrected chi connectivity index (χ0v) is 14.8. The summed E-state index contributed by atoms with van der Waals surface area (Å²) in [5.41, 5.74) is 1.35. The first-order valence-electron chi connectivity index (χ1n) is 8.97. The highest BCUT2D eigenvalue weighted by atomic mass is 16.2. The van der Waals surface area contributed by atoms with Crippen LogP contribution >= 0.6 is 0 Å². The fourth-order valence-electron chi connectivity index (χ4n) is 3.50. The summed E-state index contributed by atoms with van der Waals surface area (Å²) >= 11 is 0. The first kappa shape index (κ1) is 17.4. The third kappa shape index (κ3) is 4.16. The molecule has 1 amide bonds. The molecule has 5 nitrogen and oxygen atoms in total. The van der Waals surface area contributed by atoms with E-state index in [1.807, 2.05) is 30.3 Å². The first-order valence-corrected chi connectivity index (χ1v) is 8.97. The maximum atomic E-state index is 12.4. The zero-order chi connectivity index (χ0) is 17.8. The van der Waals surface area contributed by atoms with E-state index in [2.05, 4.69) is 24.3 Å². The summed E-state index contributed by atoms with van der Waals surface area (Å²) in [5.74, 6) is 0.921. The van der Waals surface area contributed by atoms with E-state index in [0.717, 1.165) is 18.4 Å². The van der Waals surface area contributed by atoms with Crippen LogP contribution in [0.5, 0.6) is 0 Å². The van der Waals surface area contributed by atoms with Gasteiger partial charge in [-0.15, -0.1) is 0 Å². The van der Waals surface area contributed by atoms with Gasteiger partial charge in [-0.25, -0.2) is 4.68 Å². The van der Waals surface area contributed by atoms with Crippen LogP contribution in [0.15, 0.2) is 47.3 Å². The van der Waals surface area contributed by atoms with Gasteiger partial charge in [-0.05, 0) is 24.3 Å². The van der Waals surface area contributed by atoms with E-state index in [1.54, 1.807) is 6.07 Å². The van der Waals surface area contributed by atoms with Crippen molar-refractivity contribution in [1.29, 1.82) is 0 Å². The lowest BCUT2D eigenvalue weighted by atomic mass is 9.78. The molecule has 1 fully saturated rings. The van der Waals surface area contributed by atoms with Crippen molar-refractivity contribution in [3.8, 4) is 11.3 Å². The fourth-order valence-corrected chi connectivity index (χ4v) is 3.50. The van der Waals surface area contributed by atoms with Gasteiger partial charge in [0, 0.05) is 17.7 Å². The van der Waals surface area contributed by atoms with Crippen molar-refractivity contribution in [3.05, 3.63) is 52.8 Å². The number of nitrogens with zero attached hydrogens (tertiary/aromatic N) is 2. The summed E-state index contributed by atoms with van der Waals surface area (Å²) in [5, 5.41) is 7.45. The number of nitrogens with one attached hydrogen (secondary N) is 1. The van der Waals surface area contributed by atoms with Crippen molar-refractivity contribution in [2.45, 2.75) is 45.7 Å². The minimum absolute atomic E-state index is 0.0445. The first-order chi connectivity index (χ1) is 12.0. The van der Waals surface area contributed by atoms with Crippen LogP contribution in [0.25, 0.3) is 11.3 Å². The molecule has 0 radical (unpaired) electrons. The van der Waals surface area contributed by atoms with Crippen molar-refractivity contribution in [1.82, 2.24) is 15.1 Å². The summed E-state index contributed by atoms with van der Waals surface area (Å²) in [6.45, 7) is 4.38. The average Bonchev–Trinajstić information content (AvgIpc) is 2.61. The lowest BCUT2D eigenvalue weighted by Crippen LogP contribution is -2.45. The van der Waals surface area contributed by atoms with E-state index in [0.29, 0.717) is 17.5 Å². The second kappa shape index (κ2) is 7.64. The molecule has 1 aliphatic carbocycles. The van der Waals surface area contributed by atoms with Crippen LogP contribution in [0.3, 0.4) is 0 Å². The highest BCUT2D eigenvalue weighted by Crippen LogP contribution is 2.29. The quantitative estimate of drug-likeness (QED) is 0.931. The number of amides is 1. The number of hydrogen-bond acceptors (Lipinski definition) is 3.